The highest BCUT2D eigenvalue weighted by Crippen LogP contribution is 2.41. The summed E-state index contributed by atoms with van der Waals surface area (Å²) in [7, 11) is 2.17. The number of para-hydroxylation sites is 2. The molecule has 4 heterocycles. The maximum Gasteiger partial charge on any atom is 0.322 e. The highest BCUT2D eigenvalue weighted by atomic mass is 32.1. The molecule has 1 atom stereocenters. The summed E-state index contributed by atoms with van der Waals surface area (Å²) in [5.74, 6) is 0.695. The van der Waals surface area contributed by atoms with Crippen LogP contribution in [0.2, 0.25) is 0 Å². The van der Waals surface area contributed by atoms with Gasteiger partial charge in [0.25, 0.3) is 0 Å². The molecule has 0 saturated carbocycles. The van der Waals surface area contributed by atoms with Crippen molar-refractivity contribution in [1.82, 2.24) is 14.4 Å². The van der Waals surface area contributed by atoms with Crippen molar-refractivity contribution in [2.75, 3.05) is 25.5 Å². The lowest BCUT2D eigenvalue weighted by atomic mass is 10.0. The van der Waals surface area contributed by atoms with Gasteiger partial charge in [0.2, 0.25) is 0 Å². The number of likely N-dealkylation sites (N-methyl/N-ethyl adjacent to an activating group) is 1. The molecule has 1 N–H and O–H groups in total. The number of urea groups is 1. The third-order valence-electron chi connectivity index (χ3n) is 6.25. The van der Waals surface area contributed by atoms with E-state index in [-0.39, 0.29) is 12.1 Å². The van der Waals surface area contributed by atoms with E-state index >= 15 is 0 Å². The van der Waals surface area contributed by atoms with Crippen LogP contribution in [0, 0.1) is 0 Å². The van der Waals surface area contributed by atoms with Gasteiger partial charge in [-0.25, -0.2) is 4.79 Å². The summed E-state index contributed by atoms with van der Waals surface area (Å²) < 4.78 is 7.99. The van der Waals surface area contributed by atoms with Crippen LogP contribution in [0.25, 0.3) is 5.00 Å². The number of rotatable bonds is 3. The second kappa shape index (κ2) is 8.05. The molecule has 2 aliphatic rings. The minimum Gasteiger partial charge on any atom is -0.492 e. The van der Waals surface area contributed by atoms with Crippen LogP contribution in [0.3, 0.4) is 0 Å². The predicted molar refractivity (Wildman–Crippen MR) is 124 cm³/mol. The third kappa shape index (κ3) is 3.51. The molecule has 0 fully saturated rings. The van der Waals surface area contributed by atoms with Crippen molar-refractivity contribution < 1.29 is 9.53 Å². The molecule has 1 unspecified atom stereocenters. The first-order chi connectivity index (χ1) is 15.1. The molecule has 3 aromatic rings. The van der Waals surface area contributed by atoms with Crippen LogP contribution >= 0.6 is 11.3 Å². The molecular formula is C24H28N4O2S. The monoisotopic (exact) mass is 436 g/mol. The zero-order valence-electron chi connectivity index (χ0n) is 18.2. The van der Waals surface area contributed by atoms with Crippen molar-refractivity contribution >= 4 is 23.1 Å². The fraction of sp³-hybridized carbons (Fsp3) is 0.375. The van der Waals surface area contributed by atoms with Gasteiger partial charge >= 0.3 is 6.03 Å². The summed E-state index contributed by atoms with van der Waals surface area (Å²) in [5.41, 5.74) is 4.57. The molecule has 2 amide bonds. The van der Waals surface area contributed by atoms with Gasteiger partial charge in [0.15, 0.2) is 0 Å². The normalized spacial score (nSPS) is 18.0. The molecule has 0 radical (unpaired) electrons. The van der Waals surface area contributed by atoms with Gasteiger partial charge in [-0.05, 0) is 57.1 Å². The van der Waals surface area contributed by atoms with Gasteiger partial charge in [-0.1, -0.05) is 12.1 Å². The Balaban J connectivity index is 1.52. The van der Waals surface area contributed by atoms with Gasteiger partial charge in [0.1, 0.15) is 10.8 Å². The van der Waals surface area contributed by atoms with Gasteiger partial charge in [0.05, 0.1) is 24.9 Å². The maximum absolute atomic E-state index is 13.5. The van der Waals surface area contributed by atoms with Crippen LogP contribution in [0.15, 0.2) is 42.6 Å². The van der Waals surface area contributed by atoms with Crippen molar-refractivity contribution in [3.05, 3.63) is 64.3 Å². The second-order valence-electron chi connectivity index (χ2n) is 8.24. The summed E-state index contributed by atoms with van der Waals surface area (Å²) in [4.78, 5) is 19.3. The zero-order valence-corrected chi connectivity index (χ0v) is 19.0. The van der Waals surface area contributed by atoms with Crippen LogP contribution in [0.1, 0.15) is 41.6 Å². The number of nitrogens with one attached hydrogen (secondary N) is 1. The molecule has 7 heteroatoms. The van der Waals surface area contributed by atoms with E-state index in [4.69, 9.17) is 4.74 Å². The summed E-state index contributed by atoms with van der Waals surface area (Å²) in [5, 5.41) is 4.37. The average molecular weight is 437 g/mol. The Labute approximate surface area is 187 Å². The first kappa shape index (κ1) is 20.2. The minimum atomic E-state index is -0.104. The smallest absolute Gasteiger partial charge is 0.322 e. The van der Waals surface area contributed by atoms with Crippen molar-refractivity contribution in [2.45, 2.75) is 39.4 Å². The Bertz CT molecular complexity index is 1120. The molecular weight excluding hydrogens is 408 g/mol. The number of aromatic nitrogens is 1. The van der Waals surface area contributed by atoms with Crippen molar-refractivity contribution in [1.29, 1.82) is 0 Å². The Hall–Kier alpha value is -2.77. The lowest BCUT2D eigenvalue weighted by molar-refractivity contribution is 0.188. The van der Waals surface area contributed by atoms with E-state index < -0.39 is 0 Å². The summed E-state index contributed by atoms with van der Waals surface area (Å²) in [6, 6.07) is 11.7. The van der Waals surface area contributed by atoms with E-state index in [9.17, 15) is 4.79 Å². The van der Waals surface area contributed by atoms with Crippen molar-refractivity contribution in [3.8, 4) is 10.8 Å². The number of benzene rings is 1. The molecule has 0 saturated heterocycles. The molecule has 2 aromatic heterocycles. The van der Waals surface area contributed by atoms with Crippen LogP contribution in [-0.2, 0) is 19.5 Å². The van der Waals surface area contributed by atoms with Crippen molar-refractivity contribution in [2.24, 2.45) is 0 Å². The number of fused-ring (bicyclic) bond motifs is 5. The number of nitrogens with zero attached hydrogens (tertiary/aromatic N) is 3. The average Bonchev–Trinajstić information content (AvgIpc) is 3.35. The van der Waals surface area contributed by atoms with E-state index in [1.54, 1.807) is 0 Å². The number of hydrogen-bond donors (Lipinski definition) is 1. The predicted octanol–water partition coefficient (Wildman–Crippen LogP) is 5.03. The van der Waals surface area contributed by atoms with Gasteiger partial charge < -0.3 is 24.4 Å². The largest absolute Gasteiger partial charge is 0.492 e. The van der Waals surface area contributed by atoms with Crippen LogP contribution in [0.4, 0.5) is 10.5 Å². The lowest BCUT2D eigenvalue weighted by Crippen LogP contribution is -2.36. The molecule has 31 heavy (non-hydrogen) atoms. The maximum atomic E-state index is 13.5. The summed E-state index contributed by atoms with van der Waals surface area (Å²) in [6.45, 7) is 7.25. The highest BCUT2D eigenvalue weighted by Gasteiger charge is 2.33. The number of hydrogen-bond acceptors (Lipinski definition) is 4. The second-order valence-corrected chi connectivity index (χ2v) is 9.33. The van der Waals surface area contributed by atoms with Crippen LogP contribution in [-0.4, -0.2) is 40.6 Å². The van der Waals surface area contributed by atoms with Crippen molar-refractivity contribution in [3.63, 3.8) is 0 Å². The molecule has 6 nitrogen and oxygen atoms in total. The Kier molecular flexibility index (Phi) is 5.24. The molecule has 0 spiro atoms. The molecule has 0 bridgehead atoms. The number of anilines is 1. The SMILES string of the molecule is CCOc1ccccc1NC(=O)N1Cc2c(sc3c2CCN(C)C3)-n2cccc2C1C. The molecule has 5 rings (SSSR count). The quantitative estimate of drug-likeness (QED) is 0.626. The van der Waals surface area contributed by atoms with Gasteiger partial charge in [-0.15, -0.1) is 11.3 Å². The highest BCUT2D eigenvalue weighted by molar-refractivity contribution is 7.15. The number of carbonyl (C=O) groups excluding carboxylic acids is 1. The number of carbonyl (C=O) groups is 1. The third-order valence-corrected chi connectivity index (χ3v) is 7.51. The number of thiophene rings is 1. The van der Waals surface area contributed by atoms with E-state index in [0.717, 1.165) is 25.2 Å². The molecule has 162 valence electrons. The first-order valence-electron chi connectivity index (χ1n) is 10.9. The van der Waals surface area contributed by atoms with E-state index in [1.807, 2.05) is 47.4 Å². The van der Waals surface area contributed by atoms with Crippen LogP contribution in [0.5, 0.6) is 5.75 Å². The number of amides is 2. The van der Waals surface area contributed by atoms with E-state index in [2.05, 4.69) is 47.1 Å². The zero-order chi connectivity index (χ0) is 21.5. The molecule has 2 aliphatic heterocycles. The lowest BCUT2D eigenvalue weighted by Gasteiger charge is -2.29. The fourth-order valence-corrected chi connectivity index (χ4v) is 6.05. The molecule has 1 aromatic carbocycles. The fourth-order valence-electron chi connectivity index (χ4n) is 4.61. The first-order valence-corrected chi connectivity index (χ1v) is 11.7. The minimum absolute atomic E-state index is 0.0456. The summed E-state index contributed by atoms with van der Waals surface area (Å²) in [6.07, 6.45) is 3.16. The van der Waals surface area contributed by atoms with Gasteiger partial charge in [-0.3, -0.25) is 0 Å². The van der Waals surface area contributed by atoms with Gasteiger partial charge in [0, 0.05) is 35.4 Å². The van der Waals surface area contributed by atoms with Crippen LogP contribution < -0.4 is 10.1 Å². The van der Waals surface area contributed by atoms with E-state index in [0.29, 0.717) is 24.6 Å². The number of ether oxygens (including phenoxy) is 1. The molecule has 0 aliphatic carbocycles. The Morgan fingerprint density at radius 3 is 2.87 bits per heavy atom. The topological polar surface area (TPSA) is 49.7 Å². The van der Waals surface area contributed by atoms with Gasteiger partial charge in [-0.2, -0.15) is 0 Å². The Morgan fingerprint density at radius 1 is 1.19 bits per heavy atom. The summed E-state index contributed by atoms with van der Waals surface area (Å²) >= 11 is 1.87. The van der Waals surface area contributed by atoms with E-state index in [1.165, 1.54) is 21.0 Å². The standard InChI is InChI=1S/C24H28N4O2S/c1-4-30-21-10-6-5-8-19(21)25-24(29)28-14-18-17-11-13-26(3)15-22(17)31-23(18)27-12-7-9-20(27)16(28)2/h5-10,12,16H,4,11,13-15H2,1-3H3,(H,25,29). The Morgan fingerprint density at radius 2 is 2.03 bits per heavy atom.